The van der Waals surface area contributed by atoms with E-state index in [-0.39, 0.29) is 11.8 Å². The molecule has 0 radical (unpaired) electrons. The molecule has 1 aromatic rings. The van der Waals surface area contributed by atoms with Gasteiger partial charge in [-0.05, 0) is 25.5 Å². The number of hydrogen-bond donors (Lipinski definition) is 1. The number of amides is 1. The van der Waals surface area contributed by atoms with Crippen LogP contribution in [0.25, 0.3) is 0 Å². The summed E-state index contributed by atoms with van der Waals surface area (Å²) in [5.41, 5.74) is 1.29. The van der Waals surface area contributed by atoms with Crippen LogP contribution in [-0.4, -0.2) is 37.0 Å². The van der Waals surface area contributed by atoms with Crippen LogP contribution in [0.5, 0.6) is 0 Å². The lowest BCUT2D eigenvalue weighted by Gasteiger charge is -2.18. The van der Waals surface area contributed by atoms with Crippen LogP contribution in [0.15, 0.2) is 30.3 Å². The number of likely N-dealkylation sites (tertiary alicyclic amines) is 1. The smallest absolute Gasteiger partial charge is 0.225 e. The molecule has 1 aromatic carbocycles. The fourth-order valence-corrected chi connectivity index (χ4v) is 2.84. The number of carbonyl (C=O) groups is 1. The minimum atomic E-state index is 0.109. The Morgan fingerprint density at radius 1 is 1.22 bits per heavy atom. The highest BCUT2D eigenvalue weighted by Gasteiger charge is 2.38. The third-order valence-electron chi connectivity index (χ3n) is 3.99. The zero-order valence-electron chi connectivity index (χ0n) is 10.8. The molecule has 3 rings (SSSR count). The Hall–Kier alpha value is -1.35. The van der Waals surface area contributed by atoms with Crippen molar-refractivity contribution in [3.05, 3.63) is 35.9 Å². The van der Waals surface area contributed by atoms with Crippen molar-refractivity contribution in [3.8, 4) is 0 Å². The molecule has 3 heteroatoms. The van der Waals surface area contributed by atoms with Crippen molar-refractivity contribution in [3.63, 3.8) is 0 Å². The molecule has 3 nitrogen and oxygen atoms in total. The minimum Gasteiger partial charge on any atom is -0.353 e. The highest BCUT2D eigenvalue weighted by molar-refractivity contribution is 5.81. The first kappa shape index (κ1) is 11.7. The molecule has 2 aliphatic rings. The quantitative estimate of drug-likeness (QED) is 0.876. The highest BCUT2D eigenvalue weighted by Crippen LogP contribution is 2.32. The van der Waals surface area contributed by atoms with E-state index in [1.165, 1.54) is 5.56 Å². The number of nitrogens with zero attached hydrogens (tertiary/aromatic N) is 1. The number of likely N-dealkylation sites (N-methyl/N-ethyl adjacent to an activating group) is 1. The minimum absolute atomic E-state index is 0.109. The van der Waals surface area contributed by atoms with Crippen LogP contribution in [0.1, 0.15) is 24.3 Å². The summed E-state index contributed by atoms with van der Waals surface area (Å²) in [7, 11) is 2.10. The first-order valence-electron chi connectivity index (χ1n) is 6.78. The lowest BCUT2D eigenvalue weighted by atomic mass is 9.88. The molecular formula is C15H20N2O. The standard InChI is InChI=1S/C15H20N2O/c1-17-9-13(11-5-3-2-4-6-11)14(10-17)15(18)16-12-7-8-12/h2-6,12-14H,7-10H2,1H3,(H,16,18)/t13-,14+/m1/s1. The molecule has 18 heavy (non-hydrogen) atoms. The Balaban J connectivity index is 1.76. The molecule has 2 atom stereocenters. The van der Waals surface area contributed by atoms with Gasteiger partial charge in [0.25, 0.3) is 0 Å². The van der Waals surface area contributed by atoms with Gasteiger partial charge in [0.15, 0.2) is 0 Å². The Morgan fingerprint density at radius 2 is 1.94 bits per heavy atom. The second-order valence-corrected chi connectivity index (χ2v) is 5.63. The fraction of sp³-hybridized carbons (Fsp3) is 0.533. The second-order valence-electron chi connectivity index (χ2n) is 5.63. The predicted octanol–water partition coefficient (Wildman–Crippen LogP) is 1.61. The van der Waals surface area contributed by atoms with E-state index in [1.54, 1.807) is 0 Å². The van der Waals surface area contributed by atoms with E-state index in [0.717, 1.165) is 25.9 Å². The van der Waals surface area contributed by atoms with Crippen molar-refractivity contribution < 1.29 is 4.79 Å². The number of benzene rings is 1. The van der Waals surface area contributed by atoms with Gasteiger partial charge >= 0.3 is 0 Å². The van der Waals surface area contributed by atoms with Gasteiger partial charge < -0.3 is 10.2 Å². The maximum atomic E-state index is 12.3. The van der Waals surface area contributed by atoms with Crippen molar-refractivity contribution in [2.24, 2.45) is 5.92 Å². The van der Waals surface area contributed by atoms with E-state index in [2.05, 4.69) is 41.5 Å². The summed E-state index contributed by atoms with van der Waals surface area (Å²) in [4.78, 5) is 14.5. The maximum absolute atomic E-state index is 12.3. The molecule has 1 aliphatic carbocycles. The van der Waals surface area contributed by atoms with Gasteiger partial charge in [-0.2, -0.15) is 0 Å². The van der Waals surface area contributed by atoms with Crippen LogP contribution < -0.4 is 5.32 Å². The van der Waals surface area contributed by atoms with E-state index in [0.29, 0.717) is 12.0 Å². The van der Waals surface area contributed by atoms with Gasteiger partial charge in [0.1, 0.15) is 0 Å². The summed E-state index contributed by atoms with van der Waals surface area (Å²) < 4.78 is 0. The van der Waals surface area contributed by atoms with Gasteiger partial charge in [-0.1, -0.05) is 30.3 Å². The molecule has 0 bridgehead atoms. The summed E-state index contributed by atoms with van der Waals surface area (Å²) in [5, 5.41) is 3.15. The number of rotatable bonds is 3. The lowest BCUT2D eigenvalue weighted by molar-refractivity contribution is -0.125. The molecule has 0 spiro atoms. The molecular weight excluding hydrogens is 224 g/mol. The van der Waals surface area contributed by atoms with Crippen molar-refractivity contribution in [1.29, 1.82) is 0 Å². The number of nitrogens with one attached hydrogen (secondary N) is 1. The third kappa shape index (κ3) is 2.41. The highest BCUT2D eigenvalue weighted by atomic mass is 16.2. The Labute approximate surface area is 108 Å². The SMILES string of the molecule is CN1C[C@H](C(=O)NC2CC2)[C@@H](c2ccccc2)C1. The molecule has 1 N–H and O–H groups in total. The van der Waals surface area contributed by atoms with Gasteiger partial charge in [-0.15, -0.1) is 0 Å². The molecule has 0 aromatic heterocycles. The molecule has 2 fully saturated rings. The van der Waals surface area contributed by atoms with Gasteiger partial charge in [0, 0.05) is 25.0 Å². The third-order valence-corrected chi connectivity index (χ3v) is 3.99. The maximum Gasteiger partial charge on any atom is 0.225 e. The lowest BCUT2D eigenvalue weighted by Crippen LogP contribution is -2.35. The van der Waals surface area contributed by atoms with Gasteiger partial charge in [-0.25, -0.2) is 0 Å². The molecule has 1 saturated heterocycles. The van der Waals surface area contributed by atoms with Crippen molar-refractivity contribution in [2.75, 3.05) is 20.1 Å². The zero-order chi connectivity index (χ0) is 12.5. The monoisotopic (exact) mass is 244 g/mol. The van der Waals surface area contributed by atoms with Crippen molar-refractivity contribution in [1.82, 2.24) is 10.2 Å². The van der Waals surface area contributed by atoms with E-state index in [1.807, 2.05) is 6.07 Å². The summed E-state index contributed by atoms with van der Waals surface area (Å²) in [5.74, 6) is 0.698. The Bertz CT molecular complexity index is 427. The normalized spacial score (nSPS) is 28.3. The number of hydrogen-bond acceptors (Lipinski definition) is 2. The first-order valence-corrected chi connectivity index (χ1v) is 6.78. The summed E-state index contributed by atoms with van der Waals surface area (Å²) >= 11 is 0. The van der Waals surface area contributed by atoms with Crippen LogP contribution >= 0.6 is 0 Å². The van der Waals surface area contributed by atoms with Crippen LogP contribution in [0.3, 0.4) is 0 Å². The largest absolute Gasteiger partial charge is 0.353 e. The van der Waals surface area contributed by atoms with Gasteiger partial charge in [0.2, 0.25) is 5.91 Å². The van der Waals surface area contributed by atoms with E-state index >= 15 is 0 Å². The summed E-state index contributed by atoms with van der Waals surface area (Å²) in [6.07, 6.45) is 2.31. The van der Waals surface area contributed by atoms with Crippen molar-refractivity contribution >= 4 is 5.91 Å². The van der Waals surface area contributed by atoms with Crippen LogP contribution in [-0.2, 0) is 4.79 Å². The average molecular weight is 244 g/mol. The molecule has 1 saturated carbocycles. The Kier molecular flexibility index (Phi) is 3.08. The van der Waals surface area contributed by atoms with Crippen LogP contribution in [0, 0.1) is 5.92 Å². The zero-order valence-corrected chi connectivity index (χ0v) is 10.8. The summed E-state index contributed by atoms with van der Waals surface area (Å²) in [6.45, 7) is 1.85. The van der Waals surface area contributed by atoms with E-state index in [4.69, 9.17) is 0 Å². The average Bonchev–Trinajstić information content (AvgIpc) is 3.10. The fourth-order valence-electron chi connectivity index (χ4n) is 2.84. The second kappa shape index (κ2) is 4.73. The van der Waals surface area contributed by atoms with E-state index in [9.17, 15) is 4.79 Å². The first-order chi connectivity index (χ1) is 8.74. The number of carbonyl (C=O) groups excluding carboxylic acids is 1. The Morgan fingerprint density at radius 3 is 2.61 bits per heavy atom. The van der Waals surface area contributed by atoms with Gasteiger partial charge in [-0.3, -0.25) is 4.79 Å². The molecule has 0 unspecified atom stereocenters. The molecule has 1 aliphatic heterocycles. The molecule has 1 amide bonds. The predicted molar refractivity (Wildman–Crippen MR) is 71.3 cm³/mol. The van der Waals surface area contributed by atoms with Crippen molar-refractivity contribution in [2.45, 2.75) is 24.8 Å². The van der Waals surface area contributed by atoms with E-state index < -0.39 is 0 Å². The van der Waals surface area contributed by atoms with Crippen LogP contribution in [0.4, 0.5) is 0 Å². The van der Waals surface area contributed by atoms with Gasteiger partial charge in [0.05, 0.1) is 5.92 Å². The topological polar surface area (TPSA) is 32.3 Å². The van der Waals surface area contributed by atoms with Crippen LogP contribution in [0.2, 0.25) is 0 Å². The summed E-state index contributed by atoms with van der Waals surface area (Å²) in [6, 6.07) is 10.9. The molecule has 96 valence electrons. The molecule has 1 heterocycles.